The minimum atomic E-state index is -0.552. The van der Waals surface area contributed by atoms with Gasteiger partial charge in [0.2, 0.25) is 5.91 Å². The average Bonchev–Trinajstić information content (AvgIpc) is 2.67. The van der Waals surface area contributed by atoms with Crippen molar-refractivity contribution < 1.29 is 9.59 Å². The molecule has 0 saturated heterocycles. The van der Waals surface area contributed by atoms with Crippen LogP contribution in [0.2, 0.25) is 0 Å². The van der Waals surface area contributed by atoms with E-state index in [1.807, 2.05) is 0 Å². The van der Waals surface area contributed by atoms with E-state index in [2.05, 4.69) is 41.5 Å². The van der Waals surface area contributed by atoms with Gasteiger partial charge in [-0.3, -0.25) is 14.6 Å². The number of carbonyl (C=O) groups excluding carboxylic acids is 2. The van der Waals surface area contributed by atoms with E-state index in [0.29, 0.717) is 6.54 Å². The predicted molar refractivity (Wildman–Crippen MR) is 100 cm³/mol. The molecule has 1 aromatic heterocycles. The molecule has 1 aliphatic rings. The average molecular weight is 351 g/mol. The lowest BCUT2D eigenvalue weighted by Crippen LogP contribution is -2.35. The van der Waals surface area contributed by atoms with Crippen LogP contribution in [0.5, 0.6) is 0 Å². The normalized spacial score (nSPS) is 19.7. The number of aromatic nitrogens is 1. The summed E-state index contributed by atoms with van der Waals surface area (Å²) in [5, 5.41) is 3.03. The Morgan fingerprint density at radius 1 is 1.12 bits per heavy atom. The summed E-state index contributed by atoms with van der Waals surface area (Å²) in [6, 6.07) is 11.9. The van der Waals surface area contributed by atoms with Gasteiger partial charge in [-0.1, -0.05) is 48.7 Å². The minimum absolute atomic E-state index is 0.00399. The number of carbonyl (C=O) groups is 2. The highest BCUT2D eigenvalue weighted by molar-refractivity contribution is 5.90. The summed E-state index contributed by atoms with van der Waals surface area (Å²) in [6.45, 7) is 2.48. The van der Waals surface area contributed by atoms with Crippen LogP contribution < -0.4 is 11.1 Å². The summed E-state index contributed by atoms with van der Waals surface area (Å²) < 4.78 is 0. The number of hydrogen-bond acceptors (Lipinski definition) is 3. The van der Waals surface area contributed by atoms with E-state index < -0.39 is 5.91 Å². The highest BCUT2D eigenvalue weighted by Gasteiger charge is 2.31. The molecule has 0 spiro atoms. The highest BCUT2D eigenvalue weighted by Crippen LogP contribution is 2.38. The first-order chi connectivity index (χ1) is 12.5. The molecule has 1 aliphatic carbocycles. The van der Waals surface area contributed by atoms with Crippen molar-refractivity contribution in [3.8, 4) is 0 Å². The molecular weight excluding hydrogens is 326 g/mol. The van der Waals surface area contributed by atoms with Crippen LogP contribution in [-0.4, -0.2) is 16.8 Å². The second-order valence-corrected chi connectivity index (χ2v) is 7.04. The molecule has 5 nitrogen and oxygen atoms in total. The molecule has 1 fully saturated rings. The van der Waals surface area contributed by atoms with Crippen LogP contribution in [0.4, 0.5) is 0 Å². The lowest BCUT2D eigenvalue weighted by atomic mass is 9.75. The third-order valence-electron chi connectivity index (χ3n) is 5.15. The molecule has 3 N–H and O–H groups in total. The summed E-state index contributed by atoms with van der Waals surface area (Å²) in [5.74, 6) is -0.179. The maximum atomic E-state index is 12.8. The number of aryl methyl sites for hydroxylation is 1. The zero-order valence-electron chi connectivity index (χ0n) is 15.1. The van der Waals surface area contributed by atoms with Crippen molar-refractivity contribution in [3.63, 3.8) is 0 Å². The Balaban J connectivity index is 1.64. The van der Waals surface area contributed by atoms with E-state index in [0.717, 1.165) is 24.8 Å². The monoisotopic (exact) mass is 351 g/mol. The van der Waals surface area contributed by atoms with Gasteiger partial charge in [0.25, 0.3) is 5.91 Å². The molecule has 2 amide bonds. The Bertz CT molecular complexity index is 769. The summed E-state index contributed by atoms with van der Waals surface area (Å²) in [7, 11) is 0. The van der Waals surface area contributed by atoms with Crippen LogP contribution >= 0.6 is 0 Å². The number of hydrogen-bond donors (Lipinski definition) is 2. The minimum Gasteiger partial charge on any atom is -0.364 e. The Hall–Kier alpha value is -2.69. The Morgan fingerprint density at radius 3 is 2.50 bits per heavy atom. The summed E-state index contributed by atoms with van der Waals surface area (Å²) in [5.41, 5.74) is 8.76. The van der Waals surface area contributed by atoms with Crippen molar-refractivity contribution in [2.24, 2.45) is 11.7 Å². The number of pyridine rings is 1. The van der Waals surface area contributed by atoms with Gasteiger partial charge in [-0.05, 0) is 42.9 Å². The number of amides is 2. The van der Waals surface area contributed by atoms with Crippen LogP contribution in [0.3, 0.4) is 0 Å². The first kappa shape index (κ1) is 18.1. The zero-order valence-corrected chi connectivity index (χ0v) is 15.1. The fourth-order valence-electron chi connectivity index (χ4n) is 3.65. The molecule has 0 radical (unpaired) electrons. The summed E-state index contributed by atoms with van der Waals surface area (Å²) in [6.07, 6.45) is 5.81. The second-order valence-electron chi connectivity index (χ2n) is 7.04. The topological polar surface area (TPSA) is 85.1 Å². The molecule has 26 heavy (non-hydrogen) atoms. The Kier molecular flexibility index (Phi) is 5.66. The first-order valence-electron chi connectivity index (χ1n) is 9.13. The van der Waals surface area contributed by atoms with Crippen LogP contribution in [-0.2, 0) is 11.3 Å². The van der Waals surface area contributed by atoms with E-state index in [4.69, 9.17) is 5.73 Å². The van der Waals surface area contributed by atoms with E-state index in [-0.39, 0.29) is 23.4 Å². The lowest BCUT2D eigenvalue weighted by Gasteiger charge is -2.31. The molecule has 5 heteroatoms. The molecular formula is C21H25N3O2. The van der Waals surface area contributed by atoms with E-state index in [1.54, 1.807) is 18.3 Å². The highest BCUT2D eigenvalue weighted by atomic mass is 16.2. The maximum absolute atomic E-state index is 12.8. The van der Waals surface area contributed by atoms with Gasteiger partial charge < -0.3 is 11.1 Å². The van der Waals surface area contributed by atoms with E-state index in [9.17, 15) is 9.59 Å². The number of nitrogens with zero attached hydrogens (tertiary/aromatic N) is 1. The third-order valence-corrected chi connectivity index (χ3v) is 5.15. The molecule has 0 bridgehead atoms. The van der Waals surface area contributed by atoms with Crippen molar-refractivity contribution in [3.05, 3.63) is 65.0 Å². The van der Waals surface area contributed by atoms with Crippen LogP contribution in [0.15, 0.2) is 42.6 Å². The van der Waals surface area contributed by atoms with Gasteiger partial charge in [0.1, 0.15) is 5.69 Å². The van der Waals surface area contributed by atoms with Gasteiger partial charge in [0.15, 0.2) is 0 Å². The van der Waals surface area contributed by atoms with Crippen molar-refractivity contribution >= 4 is 11.8 Å². The van der Waals surface area contributed by atoms with Crippen molar-refractivity contribution in [1.29, 1.82) is 0 Å². The number of nitrogens with one attached hydrogen (secondary N) is 1. The van der Waals surface area contributed by atoms with Crippen LogP contribution in [0.25, 0.3) is 0 Å². The lowest BCUT2D eigenvalue weighted by molar-refractivity contribution is -0.126. The van der Waals surface area contributed by atoms with Gasteiger partial charge in [-0.15, -0.1) is 0 Å². The number of benzene rings is 1. The van der Waals surface area contributed by atoms with Crippen LogP contribution in [0.1, 0.15) is 58.8 Å². The number of rotatable bonds is 5. The second kappa shape index (κ2) is 8.13. The van der Waals surface area contributed by atoms with Crippen molar-refractivity contribution in [2.45, 2.75) is 45.1 Å². The number of nitrogens with two attached hydrogens (primary N) is 1. The fourth-order valence-corrected chi connectivity index (χ4v) is 3.65. The molecule has 136 valence electrons. The summed E-state index contributed by atoms with van der Waals surface area (Å²) >= 11 is 0. The Labute approximate surface area is 154 Å². The van der Waals surface area contributed by atoms with Gasteiger partial charge >= 0.3 is 0 Å². The molecule has 3 rings (SSSR count). The largest absolute Gasteiger partial charge is 0.364 e. The molecule has 2 aromatic rings. The first-order valence-corrected chi connectivity index (χ1v) is 9.13. The molecule has 0 aliphatic heterocycles. The third kappa shape index (κ3) is 4.28. The molecule has 2 atom stereocenters. The van der Waals surface area contributed by atoms with Gasteiger partial charge in [-0.25, -0.2) is 0 Å². The van der Waals surface area contributed by atoms with Gasteiger partial charge in [0.05, 0.1) is 0 Å². The van der Waals surface area contributed by atoms with E-state index >= 15 is 0 Å². The molecule has 1 saturated carbocycles. The quantitative estimate of drug-likeness (QED) is 0.868. The van der Waals surface area contributed by atoms with Gasteiger partial charge in [0, 0.05) is 18.7 Å². The van der Waals surface area contributed by atoms with Crippen molar-refractivity contribution in [1.82, 2.24) is 10.3 Å². The SMILES string of the molecule is Cc1ccc(C2CCCCC2C(=O)NCc2ccc(C(N)=O)nc2)cc1. The molecule has 1 aromatic carbocycles. The number of primary amides is 1. The standard InChI is InChI=1S/C21H25N3O2/c1-14-6-9-16(10-7-14)17-4-2-3-5-18(17)21(26)24-13-15-8-11-19(20(22)25)23-12-15/h6-12,17-18H,2-5,13H2,1H3,(H2,22,25)(H,24,26). The fraction of sp³-hybridized carbons (Fsp3) is 0.381. The maximum Gasteiger partial charge on any atom is 0.267 e. The zero-order chi connectivity index (χ0) is 18.5. The van der Waals surface area contributed by atoms with Gasteiger partial charge in [-0.2, -0.15) is 0 Å². The summed E-state index contributed by atoms with van der Waals surface area (Å²) in [4.78, 5) is 27.9. The van der Waals surface area contributed by atoms with E-state index in [1.165, 1.54) is 17.5 Å². The van der Waals surface area contributed by atoms with Crippen molar-refractivity contribution in [2.75, 3.05) is 0 Å². The Morgan fingerprint density at radius 2 is 1.85 bits per heavy atom. The smallest absolute Gasteiger partial charge is 0.267 e. The van der Waals surface area contributed by atoms with Crippen LogP contribution in [0, 0.1) is 12.8 Å². The predicted octanol–water partition coefficient (Wildman–Crippen LogP) is 3.08. The molecule has 1 heterocycles. The molecule has 2 unspecified atom stereocenters.